The number of aldehydes is 1. The highest BCUT2D eigenvalue weighted by atomic mass is 16.5. The Hall–Kier alpha value is -2.53. The summed E-state index contributed by atoms with van der Waals surface area (Å²) in [6.07, 6.45) is 0.922. The van der Waals surface area contributed by atoms with Crippen LogP contribution in [0.5, 0.6) is 11.5 Å². The molecule has 5 nitrogen and oxygen atoms in total. The molecule has 2 aromatic carbocycles. The highest BCUT2D eigenvalue weighted by molar-refractivity contribution is 5.78. The molecule has 3 rings (SSSR count). The lowest BCUT2D eigenvalue weighted by atomic mass is 10.0. The van der Waals surface area contributed by atoms with E-state index in [1.54, 1.807) is 19.1 Å². The van der Waals surface area contributed by atoms with Crippen molar-refractivity contribution >= 4 is 12.0 Å². The van der Waals surface area contributed by atoms with E-state index in [9.17, 15) is 4.79 Å². The zero-order valence-electron chi connectivity index (χ0n) is 16.6. The third-order valence-electron chi connectivity index (χ3n) is 5.67. The number of hydrogen-bond acceptors (Lipinski definition) is 4. The summed E-state index contributed by atoms with van der Waals surface area (Å²) in [7, 11) is 3.38. The van der Waals surface area contributed by atoms with Crippen LogP contribution in [0.15, 0.2) is 36.4 Å². The second-order valence-corrected chi connectivity index (χ2v) is 7.13. The van der Waals surface area contributed by atoms with Crippen LogP contribution in [0.1, 0.15) is 34.5 Å². The van der Waals surface area contributed by atoms with Crippen LogP contribution in [0.3, 0.4) is 0 Å². The molecule has 0 aliphatic carbocycles. The Balaban J connectivity index is 1.68. The summed E-state index contributed by atoms with van der Waals surface area (Å²) >= 11 is 0. The first-order chi connectivity index (χ1) is 13.1. The Kier molecular flexibility index (Phi) is 6.01. The quantitative estimate of drug-likeness (QED) is 0.794. The summed E-state index contributed by atoms with van der Waals surface area (Å²) in [6, 6.07) is 12.5. The van der Waals surface area contributed by atoms with Crippen LogP contribution < -0.4 is 19.3 Å². The normalized spacial score (nSPS) is 16.1. The van der Waals surface area contributed by atoms with Crippen LogP contribution in [0.4, 0.5) is 5.69 Å². The molecule has 1 saturated heterocycles. The molecular formula is C22H29N2O3+. The number of anilines is 1. The Bertz CT molecular complexity index is 798. The van der Waals surface area contributed by atoms with Crippen LogP contribution >= 0.6 is 0 Å². The molecule has 0 aromatic heterocycles. The minimum Gasteiger partial charge on any atom is -0.497 e. The van der Waals surface area contributed by atoms with Crippen molar-refractivity contribution in [3.8, 4) is 11.5 Å². The van der Waals surface area contributed by atoms with Gasteiger partial charge in [-0.1, -0.05) is 0 Å². The van der Waals surface area contributed by atoms with Gasteiger partial charge in [0.2, 0.25) is 0 Å². The Morgan fingerprint density at radius 1 is 1.07 bits per heavy atom. The number of quaternary nitrogens is 1. The lowest BCUT2D eigenvalue weighted by Crippen LogP contribution is -3.14. The number of methoxy groups -OCH3 is 2. The van der Waals surface area contributed by atoms with Crippen LogP contribution in [0, 0.1) is 6.92 Å². The van der Waals surface area contributed by atoms with Crippen molar-refractivity contribution < 1.29 is 19.2 Å². The van der Waals surface area contributed by atoms with Crippen molar-refractivity contribution in [3.05, 3.63) is 53.1 Å². The predicted molar refractivity (Wildman–Crippen MR) is 107 cm³/mol. The van der Waals surface area contributed by atoms with Gasteiger partial charge in [-0.05, 0) is 49.7 Å². The van der Waals surface area contributed by atoms with Gasteiger partial charge in [-0.25, -0.2) is 0 Å². The van der Waals surface area contributed by atoms with Crippen LogP contribution in [-0.2, 0) is 0 Å². The van der Waals surface area contributed by atoms with Crippen molar-refractivity contribution in [3.63, 3.8) is 0 Å². The maximum absolute atomic E-state index is 11.0. The van der Waals surface area contributed by atoms with Crippen molar-refractivity contribution in [2.45, 2.75) is 19.9 Å². The number of nitrogens with one attached hydrogen (secondary N) is 1. The van der Waals surface area contributed by atoms with Crippen LogP contribution in [0.25, 0.3) is 0 Å². The summed E-state index contributed by atoms with van der Waals surface area (Å²) in [5.41, 5.74) is 4.22. The van der Waals surface area contributed by atoms with E-state index in [1.165, 1.54) is 11.3 Å². The fourth-order valence-corrected chi connectivity index (χ4v) is 3.87. The third kappa shape index (κ3) is 4.08. The molecule has 1 atom stereocenters. The highest BCUT2D eigenvalue weighted by Gasteiger charge is 2.27. The molecule has 5 heteroatoms. The first kappa shape index (κ1) is 19.2. The highest BCUT2D eigenvalue weighted by Crippen LogP contribution is 2.28. The summed E-state index contributed by atoms with van der Waals surface area (Å²) in [4.78, 5) is 15.0. The molecule has 27 heavy (non-hydrogen) atoms. The van der Waals surface area contributed by atoms with E-state index in [-0.39, 0.29) is 0 Å². The minimum absolute atomic E-state index is 0.354. The summed E-state index contributed by atoms with van der Waals surface area (Å²) < 4.78 is 10.9. The maximum atomic E-state index is 11.0. The molecule has 0 amide bonds. The average Bonchev–Trinajstić information content (AvgIpc) is 2.72. The van der Waals surface area contributed by atoms with Gasteiger partial charge in [0.25, 0.3) is 0 Å². The smallest absolute Gasteiger partial charge is 0.150 e. The number of benzene rings is 2. The van der Waals surface area contributed by atoms with E-state index in [0.717, 1.165) is 55.1 Å². The molecule has 1 N–H and O–H groups in total. The maximum Gasteiger partial charge on any atom is 0.150 e. The van der Waals surface area contributed by atoms with E-state index in [2.05, 4.69) is 30.0 Å². The van der Waals surface area contributed by atoms with Crippen molar-refractivity contribution in [2.24, 2.45) is 0 Å². The van der Waals surface area contributed by atoms with E-state index < -0.39 is 0 Å². The second-order valence-electron chi connectivity index (χ2n) is 7.13. The number of carbonyl (C=O) groups excluding carboxylic acids is 1. The van der Waals surface area contributed by atoms with Crippen molar-refractivity contribution in [1.82, 2.24) is 0 Å². The molecule has 1 aliphatic heterocycles. The van der Waals surface area contributed by atoms with Gasteiger partial charge < -0.3 is 19.3 Å². The first-order valence-corrected chi connectivity index (χ1v) is 9.44. The Labute approximate surface area is 161 Å². The van der Waals surface area contributed by atoms with E-state index in [0.29, 0.717) is 6.04 Å². The van der Waals surface area contributed by atoms with Gasteiger partial charge >= 0.3 is 0 Å². The second kappa shape index (κ2) is 8.44. The van der Waals surface area contributed by atoms with Gasteiger partial charge in [0.15, 0.2) is 0 Å². The molecule has 0 radical (unpaired) electrons. The molecule has 144 valence electrons. The number of aryl methyl sites for hydroxylation is 1. The average molecular weight is 369 g/mol. The zero-order chi connectivity index (χ0) is 19.4. The molecule has 1 aliphatic rings. The topological polar surface area (TPSA) is 43.2 Å². The van der Waals surface area contributed by atoms with E-state index in [1.807, 2.05) is 25.1 Å². The first-order valence-electron chi connectivity index (χ1n) is 9.44. The number of carbonyl (C=O) groups is 1. The van der Waals surface area contributed by atoms with Gasteiger partial charge in [-0.3, -0.25) is 4.79 Å². The van der Waals surface area contributed by atoms with Gasteiger partial charge in [-0.15, -0.1) is 0 Å². The van der Waals surface area contributed by atoms with Crippen molar-refractivity contribution in [2.75, 3.05) is 45.3 Å². The zero-order valence-corrected chi connectivity index (χ0v) is 16.6. The molecule has 1 fully saturated rings. The fraction of sp³-hybridized carbons (Fsp3) is 0.409. The number of rotatable bonds is 6. The summed E-state index contributed by atoms with van der Waals surface area (Å²) in [5.74, 6) is 1.70. The van der Waals surface area contributed by atoms with Crippen molar-refractivity contribution in [1.29, 1.82) is 0 Å². The van der Waals surface area contributed by atoms with Crippen LogP contribution in [-0.4, -0.2) is 46.7 Å². The number of nitrogens with zero attached hydrogens (tertiary/aromatic N) is 1. The molecule has 0 unspecified atom stereocenters. The molecule has 2 aromatic rings. The lowest BCUT2D eigenvalue weighted by Gasteiger charge is -2.37. The van der Waals surface area contributed by atoms with Gasteiger partial charge in [0.1, 0.15) is 23.8 Å². The molecular weight excluding hydrogens is 340 g/mol. The Morgan fingerprint density at radius 3 is 2.41 bits per heavy atom. The van der Waals surface area contributed by atoms with E-state index >= 15 is 0 Å². The number of piperazine rings is 1. The molecule has 1 heterocycles. The van der Waals surface area contributed by atoms with Crippen LogP contribution in [0.2, 0.25) is 0 Å². The largest absolute Gasteiger partial charge is 0.497 e. The summed E-state index contributed by atoms with van der Waals surface area (Å²) in [5, 5.41) is 0. The Morgan fingerprint density at radius 2 is 1.81 bits per heavy atom. The summed E-state index contributed by atoms with van der Waals surface area (Å²) in [6.45, 7) is 8.37. The lowest BCUT2D eigenvalue weighted by molar-refractivity contribution is -0.930. The predicted octanol–water partition coefficient (Wildman–Crippen LogP) is 2.29. The van der Waals surface area contributed by atoms with Gasteiger partial charge in [-0.2, -0.15) is 0 Å². The van der Waals surface area contributed by atoms with Gasteiger partial charge in [0.05, 0.1) is 46.0 Å². The molecule has 0 saturated carbocycles. The molecule has 0 spiro atoms. The number of ether oxygens (including phenoxy) is 2. The van der Waals surface area contributed by atoms with E-state index in [4.69, 9.17) is 9.47 Å². The minimum atomic E-state index is 0.354. The standard InChI is InChI=1S/C22H28N2O3/c1-16-13-19(6-5-18(16)15-25)24-11-9-23(10-12-24)17(2)21-8-7-20(26-3)14-22(21)27-4/h5-8,13-15,17H,9-12H2,1-4H3/p+1/t17-/m0/s1. The third-order valence-corrected chi connectivity index (χ3v) is 5.67. The van der Waals surface area contributed by atoms with Gasteiger partial charge in [0, 0.05) is 17.3 Å². The fourth-order valence-electron chi connectivity index (χ4n) is 3.87. The SMILES string of the molecule is COc1ccc([C@H](C)[NH+]2CCN(c3ccc(C=O)c(C)c3)CC2)c(OC)c1. The monoisotopic (exact) mass is 369 g/mol. The number of hydrogen-bond donors (Lipinski definition) is 1. The molecule has 0 bridgehead atoms.